The number of sulfonamides is 1. The Kier molecular flexibility index (Phi) is 5.50. The van der Waals surface area contributed by atoms with Gasteiger partial charge in [0.1, 0.15) is 11.6 Å². The van der Waals surface area contributed by atoms with E-state index < -0.39 is 21.9 Å². The van der Waals surface area contributed by atoms with Crippen molar-refractivity contribution in [2.45, 2.75) is 38.3 Å². The Labute approximate surface area is 179 Å². The molecule has 4 aromatic rings. The van der Waals surface area contributed by atoms with Crippen LogP contribution in [-0.4, -0.2) is 28.2 Å². The molecule has 0 saturated heterocycles. The average Bonchev–Trinajstić information content (AvgIpc) is 3.35. The Hall–Kier alpha value is -3.24. The normalized spacial score (nSPS) is 12.9. The maximum Gasteiger partial charge on any atom is 0.322 e. The molecule has 8 nitrogen and oxygen atoms in total. The zero-order chi connectivity index (χ0) is 22.2. The van der Waals surface area contributed by atoms with Crippen molar-refractivity contribution in [1.82, 2.24) is 24.5 Å². The Morgan fingerprint density at radius 2 is 2.00 bits per heavy atom. The third kappa shape index (κ3) is 4.17. The molecular weight excluding hydrogens is 421 g/mol. The van der Waals surface area contributed by atoms with Gasteiger partial charge < -0.3 is 9.72 Å². The van der Waals surface area contributed by atoms with Gasteiger partial charge in [-0.2, -0.15) is 0 Å². The van der Waals surface area contributed by atoms with E-state index in [4.69, 9.17) is 4.74 Å². The molecule has 0 saturated carbocycles. The third-order valence-electron chi connectivity index (χ3n) is 4.97. The van der Waals surface area contributed by atoms with Gasteiger partial charge in [-0.1, -0.05) is 11.2 Å². The smallest absolute Gasteiger partial charge is 0.322 e. The van der Waals surface area contributed by atoms with Crippen molar-refractivity contribution in [1.29, 1.82) is 0 Å². The monoisotopic (exact) mass is 443 g/mol. The quantitative estimate of drug-likeness (QED) is 0.449. The highest BCUT2D eigenvalue weighted by Gasteiger charge is 2.24. The number of nitrogens with zero attached hydrogens (tertiary/aromatic N) is 3. The number of nitrogens with one attached hydrogen (secondary N) is 2. The molecule has 0 bridgehead atoms. The Morgan fingerprint density at radius 1 is 1.19 bits per heavy atom. The van der Waals surface area contributed by atoms with Gasteiger partial charge in [0.2, 0.25) is 10.0 Å². The molecule has 31 heavy (non-hydrogen) atoms. The van der Waals surface area contributed by atoms with Gasteiger partial charge in [0, 0.05) is 24.3 Å². The average molecular weight is 444 g/mol. The lowest BCUT2D eigenvalue weighted by molar-refractivity contribution is 0.408. The van der Waals surface area contributed by atoms with E-state index in [0.717, 1.165) is 17.0 Å². The van der Waals surface area contributed by atoms with Crippen LogP contribution in [-0.2, 0) is 16.6 Å². The van der Waals surface area contributed by atoms with E-state index in [9.17, 15) is 12.8 Å². The number of H-pyrrole nitrogens is 1. The maximum atomic E-state index is 13.8. The summed E-state index contributed by atoms with van der Waals surface area (Å²) in [6.07, 6.45) is 1.84. The van der Waals surface area contributed by atoms with Crippen LogP contribution in [0.15, 0.2) is 53.6 Å². The van der Waals surface area contributed by atoms with E-state index >= 15 is 0 Å². The summed E-state index contributed by atoms with van der Waals surface area (Å²) in [6, 6.07) is 10.9. The number of hydrogen-bond donors (Lipinski definition) is 2. The van der Waals surface area contributed by atoms with E-state index in [1.165, 1.54) is 12.1 Å². The van der Waals surface area contributed by atoms with Crippen LogP contribution in [0.4, 0.5) is 4.39 Å². The summed E-state index contributed by atoms with van der Waals surface area (Å²) in [5, 5.41) is 9.27. The SMILES string of the molecule is CCn1c(Oc2ccc3cc[nH]c3c2)nnc1[C@@H](C)NS(=O)(=O)c1ccc(C)c(F)c1. The summed E-state index contributed by atoms with van der Waals surface area (Å²) in [4.78, 5) is 2.97. The van der Waals surface area contributed by atoms with Crippen LogP contribution in [0.3, 0.4) is 0 Å². The second-order valence-corrected chi connectivity index (χ2v) is 8.88. The maximum absolute atomic E-state index is 13.8. The van der Waals surface area contributed by atoms with Gasteiger partial charge in [0.25, 0.3) is 0 Å². The van der Waals surface area contributed by atoms with Crippen LogP contribution >= 0.6 is 0 Å². The van der Waals surface area contributed by atoms with Crippen molar-refractivity contribution in [2.24, 2.45) is 0 Å². The largest absolute Gasteiger partial charge is 0.424 e. The summed E-state index contributed by atoms with van der Waals surface area (Å²) in [6.45, 7) is 5.56. The minimum absolute atomic E-state index is 0.152. The van der Waals surface area contributed by atoms with Crippen LogP contribution in [0.5, 0.6) is 11.8 Å². The lowest BCUT2D eigenvalue weighted by Gasteiger charge is -2.15. The lowest BCUT2D eigenvalue weighted by Crippen LogP contribution is -2.29. The molecule has 2 aromatic carbocycles. The lowest BCUT2D eigenvalue weighted by atomic mass is 10.2. The number of hydrogen-bond acceptors (Lipinski definition) is 5. The summed E-state index contributed by atoms with van der Waals surface area (Å²) in [5.41, 5.74) is 1.30. The summed E-state index contributed by atoms with van der Waals surface area (Å²) >= 11 is 0. The summed E-state index contributed by atoms with van der Waals surface area (Å²) in [7, 11) is -3.96. The number of aryl methyl sites for hydroxylation is 1. The second-order valence-electron chi connectivity index (χ2n) is 7.17. The van der Waals surface area contributed by atoms with Crippen molar-refractivity contribution in [3.63, 3.8) is 0 Å². The molecule has 2 N–H and O–H groups in total. The van der Waals surface area contributed by atoms with Crippen LogP contribution in [0, 0.1) is 12.7 Å². The van der Waals surface area contributed by atoms with Crippen LogP contribution in [0.1, 0.15) is 31.3 Å². The topological polar surface area (TPSA) is 102 Å². The molecule has 0 radical (unpaired) electrons. The molecule has 0 amide bonds. The molecule has 1 atom stereocenters. The number of fused-ring (bicyclic) bond motifs is 1. The van der Waals surface area contributed by atoms with Crippen LogP contribution in [0.2, 0.25) is 0 Å². The highest BCUT2D eigenvalue weighted by atomic mass is 32.2. The van der Waals surface area contributed by atoms with E-state index in [2.05, 4.69) is 19.9 Å². The molecule has 2 aromatic heterocycles. The first-order valence-corrected chi connectivity index (χ1v) is 11.2. The highest BCUT2D eigenvalue weighted by molar-refractivity contribution is 7.89. The fourth-order valence-electron chi connectivity index (χ4n) is 3.28. The van der Waals surface area contributed by atoms with Gasteiger partial charge in [0.05, 0.1) is 10.9 Å². The number of benzene rings is 2. The van der Waals surface area contributed by atoms with Crippen molar-refractivity contribution in [2.75, 3.05) is 0 Å². The number of aromatic nitrogens is 4. The molecule has 4 rings (SSSR count). The first-order chi connectivity index (χ1) is 14.8. The zero-order valence-corrected chi connectivity index (χ0v) is 18.1. The fourth-order valence-corrected chi connectivity index (χ4v) is 4.50. The number of rotatable bonds is 7. The molecule has 162 valence electrons. The highest BCUT2D eigenvalue weighted by Crippen LogP contribution is 2.26. The molecule has 0 unspecified atom stereocenters. The Balaban J connectivity index is 1.57. The van der Waals surface area contributed by atoms with Gasteiger partial charge in [-0.15, -0.1) is 5.10 Å². The number of ether oxygens (including phenoxy) is 1. The summed E-state index contributed by atoms with van der Waals surface area (Å²) < 4.78 is 49.4. The Bertz CT molecular complexity index is 1350. The predicted octanol–water partition coefficient (Wildman–Crippen LogP) is 4.06. The van der Waals surface area contributed by atoms with Crippen molar-refractivity contribution < 1.29 is 17.5 Å². The second kappa shape index (κ2) is 8.12. The molecule has 10 heteroatoms. The molecule has 0 aliphatic carbocycles. The summed E-state index contributed by atoms with van der Waals surface area (Å²) in [5.74, 6) is 0.378. The van der Waals surface area contributed by atoms with Crippen molar-refractivity contribution in [3.8, 4) is 11.8 Å². The number of aromatic amines is 1. The zero-order valence-electron chi connectivity index (χ0n) is 17.3. The molecule has 2 heterocycles. The van der Waals surface area contributed by atoms with Gasteiger partial charge in [-0.3, -0.25) is 4.57 Å². The van der Waals surface area contributed by atoms with E-state index in [0.29, 0.717) is 23.7 Å². The fraction of sp³-hybridized carbons (Fsp3) is 0.238. The predicted molar refractivity (Wildman–Crippen MR) is 114 cm³/mol. The van der Waals surface area contributed by atoms with Crippen molar-refractivity contribution in [3.05, 3.63) is 65.9 Å². The van der Waals surface area contributed by atoms with Crippen molar-refractivity contribution >= 4 is 20.9 Å². The Morgan fingerprint density at radius 3 is 2.74 bits per heavy atom. The standard InChI is InChI=1S/C21H22FN5O3S/c1-4-27-20(14(3)26-31(28,29)17-8-5-13(2)18(22)12-17)24-25-21(27)30-16-7-6-15-9-10-23-19(15)11-16/h5-12,14,23,26H,4H2,1-3H3/t14-/m1/s1. The van der Waals surface area contributed by atoms with E-state index in [-0.39, 0.29) is 10.9 Å². The minimum atomic E-state index is -3.96. The minimum Gasteiger partial charge on any atom is -0.424 e. The molecule has 0 aliphatic heterocycles. The first kappa shape index (κ1) is 21.0. The molecular formula is C21H22FN5O3S. The molecule has 0 fully saturated rings. The van der Waals surface area contributed by atoms with Gasteiger partial charge in [-0.05, 0) is 62.1 Å². The molecule has 0 aliphatic rings. The molecule has 0 spiro atoms. The van der Waals surface area contributed by atoms with Gasteiger partial charge in [0.15, 0.2) is 5.82 Å². The third-order valence-corrected chi connectivity index (χ3v) is 6.51. The van der Waals surface area contributed by atoms with E-state index in [1.807, 2.05) is 37.4 Å². The van der Waals surface area contributed by atoms with Gasteiger partial charge in [-0.25, -0.2) is 17.5 Å². The van der Waals surface area contributed by atoms with Crippen LogP contribution < -0.4 is 9.46 Å². The van der Waals surface area contributed by atoms with Gasteiger partial charge >= 0.3 is 6.01 Å². The van der Waals surface area contributed by atoms with Crippen LogP contribution in [0.25, 0.3) is 10.9 Å². The number of halogens is 1. The first-order valence-electron chi connectivity index (χ1n) is 9.75. The van der Waals surface area contributed by atoms with E-state index in [1.54, 1.807) is 18.4 Å².